The molecule has 1 saturated heterocycles. The summed E-state index contributed by atoms with van der Waals surface area (Å²) < 4.78 is 21.0. The molecule has 4 heterocycles. The molecule has 1 fully saturated rings. The Morgan fingerprint density at radius 3 is 2.35 bits per heavy atom. The van der Waals surface area contributed by atoms with E-state index < -0.39 is 11.8 Å². The van der Waals surface area contributed by atoms with E-state index in [9.17, 15) is 9.59 Å². The van der Waals surface area contributed by atoms with Gasteiger partial charge in [-0.25, -0.2) is 29.1 Å². The zero-order chi connectivity index (χ0) is 29.8. The van der Waals surface area contributed by atoms with Gasteiger partial charge in [-0.15, -0.1) is 0 Å². The van der Waals surface area contributed by atoms with Crippen LogP contribution in [0.15, 0.2) is 73.4 Å². The van der Waals surface area contributed by atoms with Crippen LogP contribution in [0.25, 0.3) is 33.5 Å². The summed E-state index contributed by atoms with van der Waals surface area (Å²) in [5, 5.41) is 5.35. The number of benzene rings is 2. The normalized spacial score (nSPS) is 13.1. The number of ketones is 1. The number of nitrogens with one attached hydrogen (secondary N) is 2. The molecule has 2 aromatic carbocycles. The van der Waals surface area contributed by atoms with Gasteiger partial charge in [0.15, 0.2) is 11.6 Å². The van der Waals surface area contributed by atoms with Crippen molar-refractivity contribution in [3.05, 3.63) is 84.8 Å². The van der Waals surface area contributed by atoms with Crippen LogP contribution in [0, 0.1) is 5.82 Å². The molecule has 1 aliphatic heterocycles. The second-order valence-electron chi connectivity index (χ2n) is 10.0. The van der Waals surface area contributed by atoms with Crippen LogP contribution in [-0.4, -0.2) is 63.0 Å². The van der Waals surface area contributed by atoms with Crippen molar-refractivity contribution in [3.63, 3.8) is 0 Å². The van der Waals surface area contributed by atoms with Crippen molar-refractivity contribution in [2.45, 2.75) is 13.3 Å². The Labute approximate surface area is 246 Å². The number of pyridine rings is 1. The highest BCUT2D eigenvalue weighted by Crippen LogP contribution is 2.31. The lowest BCUT2D eigenvalue weighted by molar-refractivity contribution is -0.116. The third-order valence-corrected chi connectivity index (χ3v) is 6.85. The molecule has 2 amide bonds. The number of carbonyl (C=O) groups is 2. The lowest BCUT2D eigenvalue weighted by Gasteiger charge is -2.28. The maximum atomic E-state index is 15.5. The van der Waals surface area contributed by atoms with Crippen LogP contribution in [0.3, 0.4) is 0 Å². The van der Waals surface area contributed by atoms with Crippen molar-refractivity contribution in [2.24, 2.45) is 0 Å². The molecular weight excluding hydrogens is 551 g/mol. The Morgan fingerprint density at radius 2 is 1.63 bits per heavy atom. The van der Waals surface area contributed by atoms with E-state index in [-0.39, 0.29) is 22.9 Å². The van der Waals surface area contributed by atoms with Gasteiger partial charge in [-0.2, -0.15) is 0 Å². The predicted octanol–water partition coefficient (Wildman–Crippen LogP) is 4.90. The smallest absolute Gasteiger partial charge is 0.323 e. The third kappa shape index (κ3) is 6.44. The summed E-state index contributed by atoms with van der Waals surface area (Å²) in [5.74, 6) is 0.240. The number of morpholine rings is 1. The number of anilines is 3. The molecule has 216 valence electrons. The maximum absolute atomic E-state index is 15.5. The number of Topliss-reactive ketones (excluding diaryl/α,β-unsaturated/α-hetero) is 1. The summed E-state index contributed by atoms with van der Waals surface area (Å²) in [6, 6.07) is 12.6. The number of amides is 2. The number of rotatable bonds is 7. The monoisotopic (exact) mass is 578 g/mol. The number of halogens is 1. The van der Waals surface area contributed by atoms with E-state index in [1.807, 2.05) is 6.07 Å². The lowest BCUT2D eigenvalue weighted by Crippen LogP contribution is -2.37. The van der Waals surface area contributed by atoms with Crippen molar-refractivity contribution in [3.8, 4) is 22.5 Å². The number of hydrogen-bond acceptors (Lipinski definition) is 9. The number of nitrogens with zero attached hydrogens (tertiary/aromatic N) is 6. The van der Waals surface area contributed by atoms with Gasteiger partial charge in [-0.3, -0.25) is 9.78 Å². The highest BCUT2D eigenvalue weighted by Gasteiger charge is 2.21. The first-order chi connectivity index (χ1) is 20.9. The van der Waals surface area contributed by atoms with Crippen LogP contribution in [0.5, 0.6) is 0 Å². The average Bonchev–Trinajstić information content (AvgIpc) is 3.02. The fourth-order valence-electron chi connectivity index (χ4n) is 4.79. The third-order valence-electron chi connectivity index (χ3n) is 6.85. The molecule has 3 aromatic heterocycles. The van der Waals surface area contributed by atoms with E-state index in [1.54, 1.807) is 48.9 Å². The number of urea groups is 1. The number of aromatic nitrogens is 5. The lowest BCUT2D eigenvalue weighted by atomic mass is 10.1. The minimum atomic E-state index is -0.598. The van der Waals surface area contributed by atoms with Crippen molar-refractivity contribution in [1.82, 2.24) is 24.9 Å². The molecule has 5 aromatic rings. The second-order valence-corrected chi connectivity index (χ2v) is 10.0. The maximum Gasteiger partial charge on any atom is 0.323 e. The highest BCUT2D eigenvalue weighted by molar-refractivity contribution is 6.00. The van der Waals surface area contributed by atoms with Crippen molar-refractivity contribution in [1.29, 1.82) is 0 Å². The van der Waals surface area contributed by atoms with Crippen molar-refractivity contribution < 1.29 is 18.7 Å². The molecule has 0 radical (unpaired) electrons. The van der Waals surface area contributed by atoms with E-state index >= 15 is 4.39 Å². The van der Waals surface area contributed by atoms with Crippen LogP contribution >= 0.6 is 0 Å². The standard InChI is InChI=1S/C31H27FN8O3/c1-19(41)12-20-2-4-23(5-3-20)36-31(42)37-24-6-7-25(26(32)14-24)29-38-27-13-21(22-15-33-18-34-16-22)17-35-28(27)30(39-29)40-8-10-43-11-9-40/h2-7,13-18H,8-12H2,1H3,(H2,36,37,42). The number of ether oxygens (including phenoxy) is 1. The van der Waals surface area contributed by atoms with E-state index in [0.29, 0.717) is 55.3 Å². The molecule has 1 aliphatic rings. The topological polar surface area (TPSA) is 135 Å². The molecule has 0 spiro atoms. The summed E-state index contributed by atoms with van der Waals surface area (Å²) in [7, 11) is 0. The van der Waals surface area contributed by atoms with Gasteiger partial charge in [0.1, 0.15) is 23.4 Å². The van der Waals surface area contributed by atoms with E-state index in [0.717, 1.165) is 16.7 Å². The molecule has 0 saturated carbocycles. The van der Waals surface area contributed by atoms with Gasteiger partial charge >= 0.3 is 6.03 Å². The molecule has 0 bridgehead atoms. The second kappa shape index (κ2) is 12.2. The van der Waals surface area contributed by atoms with Gasteiger partial charge in [0.05, 0.1) is 24.3 Å². The summed E-state index contributed by atoms with van der Waals surface area (Å²) >= 11 is 0. The molecule has 0 atom stereocenters. The Bertz CT molecular complexity index is 1800. The molecule has 0 aliphatic carbocycles. The van der Waals surface area contributed by atoms with Gasteiger partial charge in [0, 0.05) is 60.6 Å². The Hall–Kier alpha value is -5.36. The SMILES string of the molecule is CC(=O)Cc1ccc(NC(=O)Nc2ccc(-c3nc(N4CCOCC4)c4ncc(-c5cncnc5)cc4n3)c(F)c2)cc1. The summed E-state index contributed by atoms with van der Waals surface area (Å²) in [4.78, 5) is 48.2. The first-order valence-electron chi connectivity index (χ1n) is 13.6. The molecule has 12 heteroatoms. The van der Waals surface area contributed by atoms with E-state index in [1.165, 1.54) is 25.4 Å². The predicted molar refractivity (Wildman–Crippen MR) is 160 cm³/mol. The van der Waals surface area contributed by atoms with Gasteiger partial charge in [-0.1, -0.05) is 12.1 Å². The number of fused-ring (bicyclic) bond motifs is 1. The molecule has 11 nitrogen and oxygen atoms in total. The molecule has 0 unspecified atom stereocenters. The number of carbonyl (C=O) groups excluding carboxylic acids is 2. The Morgan fingerprint density at radius 1 is 0.907 bits per heavy atom. The van der Waals surface area contributed by atoms with Crippen LogP contribution in [0.2, 0.25) is 0 Å². The average molecular weight is 579 g/mol. The van der Waals surface area contributed by atoms with Gasteiger partial charge in [-0.05, 0) is 48.9 Å². The minimum Gasteiger partial charge on any atom is -0.378 e. The Kier molecular flexibility index (Phi) is 7.92. The zero-order valence-electron chi connectivity index (χ0n) is 23.2. The van der Waals surface area contributed by atoms with Crippen molar-refractivity contribution in [2.75, 3.05) is 41.8 Å². The molecular formula is C31H27FN8O3. The van der Waals surface area contributed by atoms with E-state index in [4.69, 9.17) is 9.72 Å². The molecule has 43 heavy (non-hydrogen) atoms. The number of hydrogen-bond donors (Lipinski definition) is 2. The van der Waals surface area contributed by atoms with Gasteiger partial charge in [0.2, 0.25) is 0 Å². The van der Waals surface area contributed by atoms with Crippen LogP contribution in [-0.2, 0) is 16.0 Å². The summed E-state index contributed by atoms with van der Waals surface area (Å²) in [6.07, 6.45) is 6.87. The fraction of sp³-hybridized carbons (Fsp3) is 0.194. The van der Waals surface area contributed by atoms with E-state index in [2.05, 4.69) is 35.5 Å². The minimum absolute atomic E-state index is 0.0547. The fourth-order valence-corrected chi connectivity index (χ4v) is 4.79. The summed E-state index contributed by atoms with van der Waals surface area (Å²) in [6.45, 7) is 3.83. The van der Waals surface area contributed by atoms with Gasteiger partial charge in [0.25, 0.3) is 0 Å². The van der Waals surface area contributed by atoms with Crippen LogP contribution in [0.1, 0.15) is 12.5 Å². The van der Waals surface area contributed by atoms with Crippen LogP contribution in [0.4, 0.5) is 26.4 Å². The van der Waals surface area contributed by atoms with Crippen LogP contribution < -0.4 is 15.5 Å². The summed E-state index contributed by atoms with van der Waals surface area (Å²) in [5.41, 5.74) is 4.51. The zero-order valence-corrected chi connectivity index (χ0v) is 23.2. The highest BCUT2D eigenvalue weighted by atomic mass is 19.1. The first-order valence-corrected chi connectivity index (χ1v) is 13.6. The molecule has 2 N–H and O–H groups in total. The largest absolute Gasteiger partial charge is 0.378 e. The van der Waals surface area contributed by atoms with Gasteiger partial charge < -0.3 is 20.3 Å². The molecule has 6 rings (SSSR count). The Balaban J connectivity index is 1.27. The van der Waals surface area contributed by atoms with Crippen molar-refractivity contribution >= 4 is 40.0 Å². The first kappa shape index (κ1) is 27.8. The quantitative estimate of drug-likeness (QED) is 0.276.